The van der Waals surface area contributed by atoms with Crippen LogP contribution in [0, 0.1) is 0 Å². The quantitative estimate of drug-likeness (QED) is 0.505. The minimum atomic E-state index is -0.433. The number of hydrogen-bond donors (Lipinski definition) is 2. The van der Waals surface area contributed by atoms with Gasteiger partial charge in [-0.2, -0.15) is 0 Å². The predicted octanol–water partition coefficient (Wildman–Crippen LogP) is -0.904. The summed E-state index contributed by atoms with van der Waals surface area (Å²) in [7, 11) is 1.58. The van der Waals surface area contributed by atoms with E-state index in [4.69, 9.17) is 10.5 Å². The lowest BCUT2D eigenvalue weighted by molar-refractivity contribution is -0.122. The molecule has 0 fully saturated rings. The molecule has 0 radical (unpaired) electrons. The van der Waals surface area contributed by atoms with E-state index in [1.54, 1.807) is 14.0 Å². The van der Waals surface area contributed by atoms with Gasteiger partial charge >= 0.3 is 0 Å². The largest absolute Gasteiger partial charge is 0.383 e. The second-order valence-corrected chi connectivity index (χ2v) is 2.07. The van der Waals surface area contributed by atoms with E-state index in [1.807, 2.05) is 0 Å². The second kappa shape index (κ2) is 5.20. The van der Waals surface area contributed by atoms with E-state index in [0.717, 1.165) is 0 Å². The van der Waals surface area contributed by atoms with Gasteiger partial charge in [0, 0.05) is 13.7 Å². The highest BCUT2D eigenvalue weighted by Crippen LogP contribution is 1.73. The van der Waals surface area contributed by atoms with Gasteiger partial charge in [-0.05, 0) is 6.92 Å². The van der Waals surface area contributed by atoms with Crippen LogP contribution < -0.4 is 11.1 Å². The molecule has 1 amide bonds. The fraction of sp³-hybridized carbons (Fsp3) is 0.833. The lowest BCUT2D eigenvalue weighted by atomic mass is 10.3. The van der Waals surface area contributed by atoms with Crippen molar-refractivity contribution in [1.29, 1.82) is 0 Å². The topological polar surface area (TPSA) is 64.3 Å². The highest BCUT2D eigenvalue weighted by molar-refractivity contribution is 5.80. The summed E-state index contributed by atoms with van der Waals surface area (Å²) in [5, 5.41) is 2.59. The van der Waals surface area contributed by atoms with Gasteiger partial charge in [0.15, 0.2) is 0 Å². The third-order valence-electron chi connectivity index (χ3n) is 1.02. The Hall–Kier alpha value is -0.610. The molecule has 1 unspecified atom stereocenters. The first-order chi connectivity index (χ1) is 4.68. The molecule has 0 aliphatic rings. The Balaban J connectivity index is 3.22. The molecule has 0 saturated heterocycles. The van der Waals surface area contributed by atoms with Crippen molar-refractivity contribution in [3.63, 3.8) is 0 Å². The molecule has 3 N–H and O–H groups in total. The van der Waals surface area contributed by atoms with E-state index < -0.39 is 6.04 Å². The maximum atomic E-state index is 10.7. The Morgan fingerprint density at radius 1 is 1.80 bits per heavy atom. The summed E-state index contributed by atoms with van der Waals surface area (Å²) in [6.45, 7) is 2.69. The minimum Gasteiger partial charge on any atom is -0.383 e. The number of hydrogen-bond acceptors (Lipinski definition) is 3. The Labute approximate surface area is 60.7 Å². The lowest BCUT2D eigenvalue weighted by Gasteiger charge is -2.05. The van der Waals surface area contributed by atoms with Crippen molar-refractivity contribution in [3.8, 4) is 0 Å². The Morgan fingerprint density at radius 3 is 2.80 bits per heavy atom. The summed E-state index contributed by atoms with van der Waals surface area (Å²) in [6.07, 6.45) is 0. The number of methoxy groups -OCH3 is 1. The highest BCUT2D eigenvalue weighted by Gasteiger charge is 2.04. The van der Waals surface area contributed by atoms with Crippen LogP contribution in [0.3, 0.4) is 0 Å². The molecule has 0 bridgehead atoms. The molecule has 0 aromatic carbocycles. The van der Waals surface area contributed by atoms with E-state index in [-0.39, 0.29) is 5.91 Å². The molecule has 4 nitrogen and oxygen atoms in total. The van der Waals surface area contributed by atoms with Gasteiger partial charge in [0.1, 0.15) is 0 Å². The molecule has 1 atom stereocenters. The zero-order chi connectivity index (χ0) is 7.98. The molecule has 0 rings (SSSR count). The van der Waals surface area contributed by atoms with Crippen LogP contribution in [0.25, 0.3) is 0 Å². The van der Waals surface area contributed by atoms with Gasteiger partial charge in [-0.1, -0.05) is 0 Å². The average Bonchev–Trinajstić information content (AvgIpc) is 1.88. The molecule has 0 aliphatic carbocycles. The standard InChI is InChI=1S/C6H14N2O2/c1-5(7)6(9)8-3-4-10-2/h5H,3-4,7H2,1-2H3,(H,8,9). The van der Waals surface area contributed by atoms with Gasteiger partial charge in [0.2, 0.25) is 5.91 Å². The third-order valence-corrected chi connectivity index (χ3v) is 1.02. The van der Waals surface area contributed by atoms with E-state index in [9.17, 15) is 4.79 Å². The smallest absolute Gasteiger partial charge is 0.236 e. The highest BCUT2D eigenvalue weighted by atomic mass is 16.5. The summed E-state index contributed by atoms with van der Waals surface area (Å²) in [4.78, 5) is 10.7. The minimum absolute atomic E-state index is 0.142. The van der Waals surface area contributed by atoms with Crippen LogP contribution in [-0.2, 0) is 9.53 Å². The first-order valence-electron chi connectivity index (χ1n) is 3.20. The summed E-state index contributed by atoms with van der Waals surface area (Å²) in [5.41, 5.74) is 5.27. The first-order valence-corrected chi connectivity index (χ1v) is 3.20. The summed E-state index contributed by atoms with van der Waals surface area (Å²) < 4.78 is 4.72. The molecule has 10 heavy (non-hydrogen) atoms. The average molecular weight is 146 g/mol. The van der Waals surface area contributed by atoms with Gasteiger partial charge in [0.25, 0.3) is 0 Å². The number of ether oxygens (including phenoxy) is 1. The second-order valence-electron chi connectivity index (χ2n) is 2.07. The molecule has 0 spiro atoms. The zero-order valence-corrected chi connectivity index (χ0v) is 6.39. The Morgan fingerprint density at radius 2 is 2.40 bits per heavy atom. The van der Waals surface area contributed by atoms with Crippen molar-refractivity contribution in [1.82, 2.24) is 5.32 Å². The van der Waals surface area contributed by atoms with Crippen molar-refractivity contribution in [3.05, 3.63) is 0 Å². The molecule has 60 valence electrons. The fourth-order valence-electron chi connectivity index (χ4n) is 0.437. The number of rotatable bonds is 4. The Bertz CT molecular complexity index is 104. The number of nitrogens with one attached hydrogen (secondary N) is 1. The monoisotopic (exact) mass is 146 g/mol. The molecule has 0 saturated carbocycles. The van der Waals surface area contributed by atoms with Crippen LogP contribution in [0.5, 0.6) is 0 Å². The van der Waals surface area contributed by atoms with Crippen molar-refractivity contribution in [2.45, 2.75) is 13.0 Å². The number of amides is 1. The summed E-state index contributed by atoms with van der Waals surface area (Å²) >= 11 is 0. The van der Waals surface area contributed by atoms with E-state index in [2.05, 4.69) is 5.32 Å². The van der Waals surface area contributed by atoms with Crippen molar-refractivity contribution in [2.75, 3.05) is 20.3 Å². The third kappa shape index (κ3) is 4.29. The van der Waals surface area contributed by atoms with Crippen molar-refractivity contribution in [2.24, 2.45) is 5.73 Å². The fourth-order valence-corrected chi connectivity index (χ4v) is 0.437. The molecule has 4 heteroatoms. The van der Waals surface area contributed by atoms with Crippen LogP contribution in [0.4, 0.5) is 0 Å². The SMILES string of the molecule is COCCNC(=O)C(C)N. The molecule has 0 aromatic heterocycles. The summed E-state index contributed by atoms with van der Waals surface area (Å²) in [5.74, 6) is -0.142. The van der Waals surface area contributed by atoms with E-state index >= 15 is 0 Å². The maximum absolute atomic E-state index is 10.7. The zero-order valence-electron chi connectivity index (χ0n) is 6.39. The Kier molecular flexibility index (Phi) is 4.88. The predicted molar refractivity (Wildman–Crippen MR) is 38.5 cm³/mol. The molecular formula is C6H14N2O2. The van der Waals surface area contributed by atoms with Gasteiger partial charge in [-0.3, -0.25) is 4.79 Å². The van der Waals surface area contributed by atoms with Crippen LogP contribution in [0.2, 0.25) is 0 Å². The normalized spacial score (nSPS) is 12.7. The molecule has 0 heterocycles. The van der Waals surface area contributed by atoms with E-state index in [0.29, 0.717) is 13.2 Å². The molecule has 0 aromatic rings. The summed E-state index contributed by atoms with van der Waals surface area (Å²) in [6, 6.07) is -0.433. The van der Waals surface area contributed by atoms with Crippen molar-refractivity contribution < 1.29 is 9.53 Å². The van der Waals surface area contributed by atoms with Gasteiger partial charge < -0.3 is 15.8 Å². The molecular weight excluding hydrogens is 132 g/mol. The lowest BCUT2D eigenvalue weighted by Crippen LogP contribution is -2.39. The van der Waals surface area contributed by atoms with E-state index in [1.165, 1.54) is 0 Å². The number of carbonyl (C=O) groups excluding carboxylic acids is 1. The first kappa shape index (κ1) is 9.39. The van der Waals surface area contributed by atoms with Gasteiger partial charge in [-0.25, -0.2) is 0 Å². The van der Waals surface area contributed by atoms with Crippen molar-refractivity contribution >= 4 is 5.91 Å². The van der Waals surface area contributed by atoms with Crippen LogP contribution in [-0.4, -0.2) is 32.2 Å². The molecule has 0 aliphatic heterocycles. The van der Waals surface area contributed by atoms with Crippen LogP contribution >= 0.6 is 0 Å². The maximum Gasteiger partial charge on any atom is 0.236 e. The number of nitrogens with two attached hydrogens (primary N) is 1. The van der Waals surface area contributed by atoms with Gasteiger partial charge in [-0.15, -0.1) is 0 Å². The van der Waals surface area contributed by atoms with Gasteiger partial charge in [0.05, 0.1) is 12.6 Å². The van der Waals surface area contributed by atoms with Crippen LogP contribution in [0.15, 0.2) is 0 Å². The van der Waals surface area contributed by atoms with Crippen LogP contribution in [0.1, 0.15) is 6.92 Å². The number of carbonyl (C=O) groups is 1.